The van der Waals surface area contributed by atoms with Crippen molar-refractivity contribution in [1.29, 1.82) is 0 Å². The molecule has 7 heterocycles. The summed E-state index contributed by atoms with van der Waals surface area (Å²) in [6.45, 7) is 5.79. The third-order valence-electron chi connectivity index (χ3n) is 10.1. The largest absolute Gasteiger partial charge is 0.392 e. The maximum atomic E-state index is 13.8. The van der Waals surface area contributed by atoms with Crippen molar-refractivity contribution in [3.63, 3.8) is 0 Å². The number of aliphatic hydroxyl groups is 1. The van der Waals surface area contributed by atoms with Crippen LogP contribution < -0.4 is 21.3 Å². The second-order valence-electron chi connectivity index (χ2n) is 13.0. The zero-order chi connectivity index (χ0) is 32.1. The molecule has 0 radical (unpaired) electrons. The van der Waals surface area contributed by atoms with Gasteiger partial charge in [0.1, 0.15) is 17.0 Å². The van der Waals surface area contributed by atoms with Crippen LogP contribution in [0.25, 0.3) is 16.8 Å². The van der Waals surface area contributed by atoms with Crippen LogP contribution in [0.1, 0.15) is 29.7 Å². The van der Waals surface area contributed by atoms with Crippen LogP contribution in [0.15, 0.2) is 70.4 Å². The first-order chi connectivity index (χ1) is 23.0. The fourth-order valence-electron chi connectivity index (χ4n) is 7.37. The van der Waals surface area contributed by atoms with Gasteiger partial charge in [0, 0.05) is 75.8 Å². The molecule has 2 saturated heterocycles. The second-order valence-corrected chi connectivity index (χ2v) is 13.0. The van der Waals surface area contributed by atoms with Crippen LogP contribution >= 0.6 is 0 Å². The van der Waals surface area contributed by atoms with Crippen molar-refractivity contribution < 1.29 is 9.84 Å². The van der Waals surface area contributed by atoms with Gasteiger partial charge in [-0.25, -0.2) is 4.98 Å². The molecule has 4 aliphatic rings. The molecule has 0 bridgehead atoms. The Morgan fingerprint density at radius 2 is 1.89 bits per heavy atom. The number of anilines is 3. The van der Waals surface area contributed by atoms with Gasteiger partial charge in [0.2, 0.25) is 0 Å². The lowest BCUT2D eigenvalue weighted by Crippen LogP contribution is -2.56. The molecule has 3 N–H and O–H groups in total. The molecule has 12 nitrogen and oxygen atoms in total. The van der Waals surface area contributed by atoms with Crippen LogP contribution in [0.4, 0.5) is 17.2 Å². The van der Waals surface area contributed by atoms with Gasteiger partial charge < -0.3 is 34.3 Å². The number of aryl methyl sites for hydroxylation is 2. The number of piperazine rings is 1. The van der Waals surface area contributed by atoms with Gasteiger partial charge in [-0.3, -0.25) is 19.1 Å². The van der Waals surface area contributed by atoms with Gasteiger partial charge in [-0.2, -0.15) is 0 Å². The molecule has 0 spiro atoms. The van der Waals surface area contributed by atoms with Gasteiger partial charge >= 0.3 is 0 Å². The number of aromatic nitrogens is 4. The van der Waals surface area contributed by atoms with Crippen LogP contribution in [0, 0.1) is 0 Å². The Bertz CT molecular complexity index is 1990. The van der Waals surface area contributed by atoms with E-state index >= 15 is 0 Å². The van der Waals surface area contributed by atoms with Crippen LogP contribution in [0.5, 0.6) is 0 Å². The molecule has 244 valence electrons. The Morgan fingerprint density at radius 1 is 1.06 bits per heavy atom. The third-order valence-corrected chi connectivity index (χ3v) is 10.1. The number of hydrogen-bond donors (Lipinski definition) is 3. The van der Waals surface area contributed by atoms with E-state index in [9.17, 15) is 14.7 Å². The molecule has 8 rings (SSSR count). The quantitative estimate of drug-likeness (QED) is 0.281. The first kappa shape index (κ1) is 29.7. The number of nitrogens with zero attached hydrogens (tertiary/aromatic N) is 6. The number of ether oxygens (including phenoxy) is 1. The summed E-state index contributed by atoms with van der Waals surface area (Å²) in [5.74, 6) is 0.564. The Balaban J connectivity index is 1.05. The smallest absolute Gasteiger partial charge is 0.279 e. The van der Waals surface area contributed by atoms with Gasteiger partial charge in [-0.1, -0.05) is 0 Å². The number of aromatic amines is 1. The molecule has 0 amide bonds. The van der Waals surface area contributed by atoms with Crippen molar-refractivity contribution in [3.8, 4) is 0 Å². The molecule has 12 heteroatoms. The number of pyridine rings is 2. The van der Waals surface area contributed by atoms with E-state index in [2.05, 4.69) is 25.1 Å². The van der Waals surface area contributed by atoms with Crippen molar-refractivity contribution in [2.24, 2.45) is 0 Å². The van der Waals surface area contributed by atoms with E-state index in [1.54, 1.807) is 23.0 Å². The van der Waals surface area contributed by atoms with E-state index in [0.717, 1.165) is 81.9 Å². The summed E-state index contributed by atoms with van der Waals surface area (Å²) in [5, 5.41) is 13.9. The van der Waals surface area contributed by atoms with Gasteiger partial charge in [-0.15, -0.1) is 0 Å². The summed E-state index contributed by atoms with van der Waals surface area (Å²) in [6.07, 6.45) is 13.4. The lowest BCUT2D eigenvalue weighted by Gasteiger charge is -2.43. The van der Waals surface area contributed by atoms with Crippen LogP contribution in [-0.4, -0.2) is 99.5 Å². The number of aliphatic hydroxyl groups excluding tert-OH is 1. The van der Waals surface area contributed by atoms with E-state index in [1.807, 2.05) is 53.1 Å². The second kappa shape index (κ2) is 12.2. The fraction of sp³-hybridized carbons (Fsp3) is 0.400. The van der Waals surface area contributed by atoms with E-state index < -0.39 is 0 Å². The van der Waals surface area contributed by atoms with Crippen molar-refractivity contribution in [1.82, 2.24) is 28.7 Å². The first-order valence-electron chi connectivity index (χ1n) is 16.5. The molecular weight excluding hydrogens is 596 g/mol. The molecule has 4 aromatic heterocycles. The monoisotopic (exact) mass is 636 g/mol. The topological polar surface area (TPSA) is 123 Å². The molecule has 0 saturated carbocycles. The number of nitrogens with one attached hydrogen (secondary N) is 2. The van der Waals surface area contributed by atoms with Gasteiger partial charge in [-0.05, 0) is 66.6 Å². The number of likely N-dealkylation sites (N-methyl/N-ethyl adjacent to an activating group) is 1. The summed E-state index contributed by atoms with van der Waals surface area (Å²) in [5.41, 5.74) is 6.93. The summed E-state index contributed by atoms with van der Waals surface area (Å²) in [7, 11) is 1.94. The van der Waals surface area contributed by atoms with Crippen molar-refractivity contribution in [2.45, 2.75) is 31.7 Å². The van der Waals surface area contributed by atoms with E-state index in [4.69, 9.17) is 4.74 Å². The van der Waals surface area contributed by atoms with Crippen molar-refractivity contribution in [3.05, 3.63) is 98.4 Å². The Hall–Kier alpha value is -4.65. The average Bonchev–Trinajstić information content (AvgIpc) is 3.45. The standard InChI is InChI=1S/C35H40N8O4/c1-39-18-27(28(20-44)32(19-39)43-13-12-42-30-5-3-2-4-23(30)15-31(42)35(43)46)24-14-29(34(45)37-16-24)38-33-7-6-25(17-36-33)40-8-10-41(11-9-40)26-21-47-22-26/h6-7,12-17,19,26,44H,2-5,8-11,18,20-22H2,1H3,(H,36,38)(H,37,45). The molecule has 47 heavy (non-hydrogen) atoms. The highest BCUT2D eigenvalue weighted by molar-refractivity contribution is 5.86. The molecule has 0 atom stereocenters. The minimum Gasteiger partial charge on any atom is -0.392 e. The van der Waals surface area contributed by atoms with Crippen molar-refractivity contribution in [2.75, 3.05) is 69.8 Å². The summed E-state index contributed by atoms with van der Waals surface area (Å²) in [6, 6.07) is 8.29. The number of rotatable bonds is 7. The predicted molar refractivity (Wildman–Crippen MR) is 182 cm³/mol. The third kappa shape index (κ3) is 5.45. The maximum absolute atomic E-state index is 13.8. The number of H-pyrrole nitrogens is 1. The van der Waals surface area contributed by atoms with Crippen molar-refractivity contribution >= 4 is 34.0 Å². The molecule has 3 aliphatic heterocycles. The summed E-state index contributed by atoms with van der Waals surface area (Å²) >= 11 is 0. The molecule has 0 unspecified atom stereocenters. The SMILES string of the molecule is CN1C=C(n2ccn3c4c(cc3c2=O)CCCC4)C(CO)=C(c2c[nH]c(=O)c(Nc3ccc(N4CCN(C5COC5)CC4)cn3)c2)C1. The lowest BCUT2D eigenvalue weighted by atomic mass is 9.96. The van der Waals surface area contributed by atoms with Gasteiger partial charge in [0.05, 0.1) is 43.4 Å². The Kier molecular flexibility index (Phi) is 7.70. The first-order valence-corrected chi connectivity index (χ1v) is 16.5. The van der Waals surface area contributed by atoms with Crippen LogP contribution in [0.3, 0.4) is 0 Å². The minimum atomic E-state index is -0.277. The average molecular weight is 637 g/mol. The lowest BCUT2D eigenvalue weighted by molar-refractivity contribution is -0.0660. The zero-order valence-electron chi connectivity index (χ0n) is 26.6. The van der Waals surface area contributed by atoms with E-state index in [-0.39, 0.29) is 17.7 Å². The summed E-state index contributed by atoms with van der Waals surface area (Å²) in [4.78, 5) is 41.1. The van der Waals surface area contributed by atoms with Gasteiger partial charge in [0.15, 0.2) is 0 Å². The van der Waals surface area contributed by atoms with Crippen LogP contribution in [0.2, 0.25) is 0 Å². The molecular formula is C35H40N8O4. The molecule has 4 aromatic rings. The van der Waals surface area contributed by atoms with Gasteiger partial charge in [0.25, 0.3) is 11.1 Å². The molecule has 2 fully saturated rings. The molecule has 0 aromatic carbocycles. The highest BCUT2D eigenvalue weighted by Crippen LogP contribution is 2.32. The maximum Gasteiger partial charge on any atom is 0.279 e. The highest BCUT2D eigenvalue weighted by Gasteiger charge is 2.29. The Morgan fingerprint density at radius 3 is 2.64 bits per heavy atom. The number of hydrogen-bond acceptors (Lipinski definition) is 9. The van der Waals surface area contributed by atoms with E-state index in [1.165, 1.54) is 11.3 Å². The summed E-state index contributed by atoms with van der Waals surface area (Å²) < 4.78 is 9.00. The normalized spacial score (nSPS) is 19.1. The zero-order valence-corrected chi connectivity index (χ0v) is 26.6. The van der Waals surface area contributed by atoms with Crippen LogP contribution in [-0.2, 0) is 17.6 Å². The molecule has 1 aliphatic carbocycles. The minimum absolute atomic E-state index is 0.123. The fourth-order valence-corrected chi connectivity index (χ4v) is 7.37. The van der Waals surface area contributed by atoms with E-state index in [0.29, 0.717) is 40.9 Å². The highest BCUT2D eigenvalue weighted by atomic mass is 16.5. The Labute approximate surface area is 272 Å². The predicted octanol–water partition coefficient (Wildman–Crippen LogP) is 2.52. The number of fused-ring (bicyclic) bond motifs is 3.